The number of rotatable bonds is 5. The van der Waals surface area contributed by atoms with Crippen LogP contribution in [0.5, 0.6) is 11.5 Å². The molecular formula is C18H22ClNO. The molecule has 2 rings (SSSR count). The molecule has 0 fully saturated rings. The second kappa shape index (κ2) is 6.97. The Morgan fingerprint density at radius 2 is 1.71 bits per heavy atom. The first-order chi connectivity index (χ1) is 10.0. The molecule has 0 aliphatic rings. The third-order valence-electron chi connectivity index (χ3n) is 3.63. The van der Waals surface area contributed by atoms with E-state index in [2.05, 4.69) is 38.2 Å². The van der Waals surface area contributed by atoms with Gasteiger partial charge in [0.1, 0.15) is 11.5 Å². The fourth-order valence-electron chi connectivity index (χ4n) is 2.15. The van der Waals surface area contributed by atoms with E-state index in [9.17, 15) is 0 Å². The Bertz CT molecular complexity index is 610. The molecule has 1 unspecified atom stereocenters. The number of ether oxygens (including phenoxy) is 1. The zero-order chi connectivity index (χ0) is 15.4. The van der Waals surface area contributed by atoms with Crippen molar-refractivity contribution in [2.75, 3.05) is 7.05 Å². The van der Waals surface area contributed by atoms with Crippen LogP contribution in [0.2, 0.25) is 5.02 Å². The number of hydrogen-bond acceptors (Lipinski definition) is 2. The first-order valence-electron chi connectivity index (χ1n) is 7.25. The molecule has 0 aliphatic heterocycles. The molecule has 0 aliphatic carbocycles. The molecule has 2 nitrogen and oxygen atoms in total. The van der Waals surface area contributed by atoms with Crippen LogP contribution >= 0.6 is 11.6 Å². The maximum atomic E-state index is 6.33. The molecule has 21 heavy (non-hydrogen) atoms. The Morgan fingerprint density at radius 1 is 1.00 bits per heavy atom. The van der Waals surface area contributed by atoms with E-state index >= 15 is 0 Å². The van der Waals surface area contributed by atoms with Crippen LogP contribution in [0.15, 0.2) is 42.5 Å². The molecule has 0 spiro atoms. The summed E-state index contributed by atoms with van der Waals surface area (Å²) in [6.45, 7) is 6.42. The summed E-state index contributed by atoms with van der Waals surface area (Å²) < 4.78 is 5.91. The fraction of sp³-hybridized carbons (Fsp3) is 0.333. The van der Waals surface area contributed by atoms with E-state index in [0.717, 1.165) is 22.1 Å². The van der Waals surface area contributed by atoms with Crippen molar-refractivity contribution in [3.05, 3.63) is 58.6 Å². The zero-order valence-electron chi connectivity index (χ0n) is 13.0. The lowest BCUT2D eigenvalue weighted by molar-refractivity contribution is 0.481. The predicted molar refractivity (Wildman–Crippen MR) is 89.5 cm³/mol. The molecule has 0 aromatic heterocycles. The smallest absolute Gasteiger partial charge is 0.128 e. The standard InChI is InChI=1S/C18H22ClNO/c1-12(2)14-6-5-7-15(10-14)21-16-8-9-17(13(3)20-4)18(19)11-16/h5-13,20H,1-4H3. The Balaban J connectivity index is 2.20. The van der Waals surface area contributed by atoms with Crippen molar-refractivity contribution in [3.8, 4) is 11.5 Å². The van der Waals surface area contributed by atoms with Crippen LogP contribution in [-0.2, 0) is 0 Å². The second-order valence-electron chi connectivity index (χ2n) is 5.52. The van der Waals surface area contributed by atoms with Gasteiger partial charge in [0.2, 0.25) is 0 Å². The monoisotopic (exact) mass is 303 g/mol. The molecule has 0 amide bonds. The lowest BCUT2D eigenvalue weighted by atomic mass is 10.0. The Hall–Kier alpha value is -1.51. The van der Waals surface area contributed by atoms with Crippen LogP contribution in [0.3, 0.4) is 0 Å². The van der Waals surface area contributed by atoms with Gasteiger partial charge < -0.3 is 10.1 Å². The largest absolute Gasteiger partial charge is 0.457 e. The van der Waals surface area contributed by atoms with Crippen molar-refractivity contribution in [1.82, 2.24) is 5.32 Å². The third-order valence-corrected chi connectivity index (χ3v) is 3.96. The molecule has 0 heterocycles. The van der Waals surface area contributed by atoms with Crippen molar-refractivity contribution in [2.24, 2.45) is 0 Å². The van der Waals surface area contributed by atoms with Crippen LogP contribution in [0.25, 0.3) is 0 Å². The van der Waals surface area contributed by atoms with E-state index in [1.807, 2.05) is 37.4 Å². The van der Waals surface area contributed by atoms with Crippen LogP contribution < -0.4 is 10.1 Å². The molecule has 3 heteroatoms. The average Bonchev–Trinajstić information content (AvgIpc) is 2.47. The van der Waals surface area contributed by atoms with Gasteiger partial charge in [-0.15, -0.1) is 0 Å². The molecule has 0 saturated heterocycles. The molecule has 1 N–H and O–H groups in total. The topological polar surface area (TPSA) is 21.3 Å². The number of nitrogens with one attached hydrogen (secondary N) is 1. The highest BCUT2D eigenvalue weighted by atomic mass is 35.5. The van der Waals surface area contributed by atoms with E-state index < -0.39 is 0 Å². The van der Waals surface area contributed by atoms with Gasteiger partial charge >= 0.3 is 0 Å². The molecule has 1 atom stereocenters. The quantitative estimate of drug-likeness (QED) is 0.783. The van der Waals surface area contributed by atoms with Gasteiger partial charge in [-0.1, -0.05) is 43.6 Å². The van der Waals surface area contributed by atoms with Crippen molar-refractivity contribution in [2.45, 2.75) is 32.7 Å². The number of halogens is 1. The number of hydrogen-bond donors (Lipinski definition) is 1. The first-order valence-corrected chi connectivity index (χ1v) is 7.63. The van der Waals surface area contributed by atoms with Crippen LogP contribution in [0.1, 0.15) is 43.9 Å². The van der Waals surface area contributed by atoms with Crippen LogP contribution in [-0.4, -0.2) is 7.05 Å². The lowest BCUT2D eigenvalue weighted by Crippen LogP contribution is -2.12. The van der Waals surface area contributed by atoms with Gasteiger partial charge in [-0.2, -0.15) is 0 Å². The molecule has 2 aromatic carbocycles. The minimum absolute atomic E-state index is 0.218. The summed E-state index contributed by atoms with van der Waals surface area (Å²) in [6, 6.07) is 14.2. The minimum Gasteiger partial charge on any atom is -0.457 e. The van der Waals surface area contributed by atoms with Gasteiger partial charge in [0.25, 0.3) is 0 Å². The Labute approximate surface area is 132 Å². The normalized spacial score (nSPS) is 12.5. The Morgan fingerprint density at radius 3 is 2.33 bits per heavy atom. The summed E-state index contributed by atoms with van der Waals surface area (Å²) in [5, 5.41) is 3.90. The van der Waals surface area contributed by atoms with Gasteiger partial charge in [0.05, 0.1) is 0 Å². The van der Waals surface area contributed by atoms with Gasteiger partial charge in [-0.3, -0.25) is 0 Å². The first kappa shape index (κ1) is 15.9. The van der Waals surface area contributed by atoms with Crippen molar-refractivity contribution < 1.29 is 4.74 Å². The van der Waals surface area contributed by atoms with Gasteiger partial charge in [-0.25, -0.2) is 0 Å². The average molecular weight is 304 g/mol. The van der Waals surface area contributed by atoms with Crippen LogP contribution in [0, 0.1) is 0 Å². The van der Waals surface area contributed by atoms with E-state index in [-0.39, 0.29) is 6.04 Å². The molecule has 0 saturated carbocycles. The summed E-state index contributed by atoms with van der Waals surface area (Å²) in [6.07, 6.45) is 0. The summed E-state index contributed by atoms with van der Waals surface area (Å²) in [5.74, 6) is 2.08. The van der Waals surface area contributed by atoms with Gasteiger partial charge in [0.15, 0.2) is 0 Å². The van der Waals surface area contributed by atoms with E-state index in [0.29, 0.717) is 5.92 Å². The van der Waals surface area contributed by atoms with E-state index in [1.54, 1.807) is 0 Å². The molecule has 0 bridgehead atoms. The SMILES string of the molecule is CNC(C)c1ccc(Oc2cccc(C(C)C)c2)cc1Cl. The van der Waals surface area contributed by atoms with Gasteiger partial charge in [-0.05, 0) is 55.3 Å². The highest BCUT2D eigenvalue weighted by Gasteiger charge is 2.09. The molecule has 2 aromatic rings. The van der Waals surface area contributed by atoms with Gasteiger partial charge in [0, 0.05) is 11.1 Å². The highest BCUT2D eigenvalue weighted by molar-refractivity contribution is 6.31. The van der Waals surface area contributed by atoms with Crippen molar-refractivity contribution in [1.29, 1.82) is 0 Å². The van der Waals surface area contributed by atoms with Crippen LogP contribution in [0.4, 0.5) is 0 Å². The maximum absolute atomic E-state index is 6.33. The lowest BCUT2D eigenvalue weighted by Gasteiger charge is -2.14. The second-order valence-corrected chi connectivity index (χ2v) is 5.93. The molecular weight excluding hydrogens is 282 g/mol. The summed E-state index contributed by atoms with van der Waals surface area (Å²) in [4.78, 5) is 0. The molecule has 0 radical (unpaired) electrons. The minimum atomic E-state index is 0.218. The highest BCUT2D eigenvalue weighted by Crippen LogP contribution is 2.30. The summed E-state index contributed by atoms with van der Waals surface area (Å²) in [7, 11) is 1.92. The Kier molecular flexibility index (Phi) is 5.27. The summed E-state index contributed by atoms with van der Waals surface area (Å²) >= 11 is 6.33. The summed E-state index contributed by atoms with van der Waals surface area (Å²) in [5.41, 5.74) is 2.33. The fourth-order valence-corrected chi connectivity index (χ4v) is 2.49. The molecule has 112 valence electrons. The zero-order valence-corrected chi connectivity index (χ0v) is 13.7. The maximum Gasteiger partial charge on any atom is 0.128 e. The van der Waals surface area contributed by atoms with E-state index in [4.69, 9.17) is 16.3 Å². The van der Waals surface area contributed by atoms with Crippen molar-refractivity contribution >= 4 is 11.6 Å². The van der Waals surface area contributed by atoms with E-state index in [1.165, 1.54) is 5.56 Å². The van der Waals surface area contributed by atoms with Crippen molar-refractivity contribution in [3.63, 3.8) is 0 Å². The third kappa shape index (κ3) is 3.99. The number of benzene rings is 2. The predicted octanol–water partition coefficient (Wildman–Crippen LogP) is 5.54.